The van der Waals surface area contributed by atoms with Crippen LogP contribution in [0.25, 0.3) is 0 Å². The van der Waals surface area contributed by atoms with Crippen molar-refractivity contribution in [2.24, 2.45) is 0 Å². The molecule has 0 bridgehead atoms. The number of rotatable bonds is 4. The van der Waals surface area contributed by atoms with E-state index in [1.165, 1.54) is 13.1 Å². The monoisotopic (exact) mass is 292 g/mol. The third-order valence-corrected chi connectivity index (χ3v) is 2.51. The van der Waals surface area contributed by atoms with Crippen molar-refractivity contribution in [1.82, 2.24) is 15.1 Å². The van der Waals surface area contributed by atoms with E-state index in [1.807, 2.05) is 26.1 Å². The standard InChI is InChI=1S/C12H19F3N4O/c1-8(10(20)16-7-12(13,14)15)18-9-5-17-19(6-9)11(2,3)4/h5-6,8,18H,7H2,1-4H3,(H,16,20). The Balaban J connectivity index is 2.56. The molecule has 8 heteroatoms. The predicted molar refractivity (Wildman–Crippen MR) is 69.4 cm³/mol. The Morgan fingerprint density at radius 3 is 2.45 bits per heavy atom. The first-order chi connectivity index (χ1) is 8.99. The summed E-state index contributed by atoms with van der Waals surface area (Å²) in [5, 5.41) is 8.76. The maximum absolute atomic E-state index is 12.0. The maximum atomic E-state index is 12.0. The van der Waals surface area contributed by atoms with Crippen molar-refractivity contribution in [2.45, 2.75) is 45.5 Å². The SMILES string of the molecule is CC(Nc1cnn(C(C)(C)C)c1)C(=O)NCC(F)(F)F. The van der Waals surface area contributed by atoms with E-state index in [-0.39, 0.29) is 5.54 Å². The molecule has 1 unspecified atom stereocenters. The van der Waals surface area contributed by atoms with Crippen LogP contribution in [0.5, 0.6) is 0 Å². The predicted octanol–water partition coefficient (Wildman–Crippen LogP) is 2.12. The smallest absolute Gasteiger partial charge is 0.371 e. The molecule has 1 amide bonds. The summed E-state index contributed by atoms with van der Waals surface area (Å²) in [6.45, 7) is 6.04. The molecule has 0 aliphatic carbocycles. The van der Waals surface area contributed by atoms with Crippen LogP contribution in [0.15, 0.2) is 12.4 Å². The molecule has 0 radical (unpaired) electrons. The maximum Gasteiger partial charge on any atom is 0.405 e. The van der Waals surface area contributed by atoms with Crippen LogP contribution in [0.2, 0.25) is 0 Å². The summed E-state index contributed by atoms with van der Waals surface area (Å²) in [6.07, 6.45) is -1.18. The van der Waals surface area contributed by atoms with Gasteiger partial charge in [0.25, 0.3) is 0 Å². The molecule has 0 fully saturated rings. The molecule has 1 atom stereocenters. The molecular formula is C12H19F3N4O. The Bertz CT molecular complexity index is 462. The minimum Gasteiger partial charge on any atom is -0.371 e. The van der Waals surface area contributed by atoms with Gasteiger partial charge in [0, 0.05) is 6.20 Å². The van der Waals surface area contributed by atoms with Gasteiger partial charge in [0.1, 0.15) is 12.6 Å². The number of carbonyl (C=O) groups excluding carboxylic acids is 1. The molecule has 114 valence electrons. The number of aromatic nitrogens is 2. The molecule has 1 heterocycles. The molecule has 0 saturated heterocycles. The van der Waals surface area contributed by atoms with Gasteiger partial charge in [-0.1, -0.05) is 0 Å². The van der Waals surface area contributed by atoms with E-state index in [0.29, 0.717) is 5.69 Å². The van der Waals surface area contributed by atoms with Crippen molar-refractivity contribution >= 4 is 11.6 Å². The summed E-state index contributed by atoms with van der Waals surface area (Å²) in [7, 11) is 0. The average molecular weight is 292 g/mol. The second-order valence-electron chi connectivity index (χ2n) is 5.54. The van der Waals surface area contributed by atoms with Crippen molar-refractivity contribution in [3.05, 3.63) is 12.4 Å². The minimum absolute atomic E-state index is 0.207. The van der Waals surface area contributed by atoms with Gasteiger partial charge in [0.05, 0.1) is 17.4 Å². The van der Waals surface area contributed by atoms with Gasteiger partial charge in [-0.2, -0.15) is 18.3 Å². The third-order valence-electron chi connectivity index (χ3n) is 2.51. The lowest BCUT2D eigenvalue weighted by Gasteiger charge is -2.19. The zero-order valence-electron chi connectivity index (χ0n) is 11.9. The Morgan fingerprint density at radius 1 is 1.40 bits per heavy atom. The Hall–Kier alpha value is -1.73. The lowest BCUT2D eigenvalue weighted by atomic mass is 10.1. The summed E-state index contributed by atoms with van der Waals surface area (Å²) in [5.41, 5.74) is 0.372. The quantitative estimate of drug-likeness (QED) is 0.893. The van der Waals surface area contributed by atoms with Crippen LogP contribution < -0.4 is 10.6 Å². The Labute approximate surface area is 115 Å². The number of hydrogen-bond donors (Lipinski definition) is 2. The highest BCUT2D eigenvalue weighted by molar-refractivity contribution is 5.84. The largest absolute Gasteiger partial charge is 0.405 e. The van der Waals surface area contributed by atoms with Crippen LogP contribution in [0.1, 0.15) is 27.7 Å². The molecule has 0 aliphatic heterocycles. The van der Waals surface area contributed by atoms with Gasteiger partial charge < -0.3 is 10.6 Å². The summed E-state index contributed by atoms with van der Waals surface area (Å²) in [6, 6.07) is -0.782. The van der Waals surface area contributed by atoms with Crippen molar-refractivity contribution in [3.63, 3.8) is 0 Å². The molecule has 1 aromatic heterocycles. The fourth-order valence-electron chi connectivity index (χ4n) is 1.42. The number of nitrogens with one attached hydrogen (secondary N) is 2. The molecule has 0 spiro atoms. The Kier molecular flexibility index (Phi) is 4.67. The molecule has 1 rings (SSSR count). The van der Waals surface area contributed by atoms with E-state index in [2.05, 4.69) is 10.4 Å². The zero-order chi connectivity index (χ0) is 15.6. The lowest BCUT2D eigenvalue weighted by molar-refractivity contribution is -0.138. The van der Waals surface area contributed by atoms with Gasteiger partial charge in [0.2, 0.25) is 5.91 Å². The van der Waals surface area contributed by atoms with Gasteiger partial charge in [0.15, 0.2) is 0 Å². The average Bonchev–Trinajstić information content (AvgIpc) is 2.72. The molecule has 0 saturated carbocycles. The van der Waals surface area contributed by atoms with E-state index in [9.17, 15) is 18.0 Å². The van der Waals surface area contributed by atoms with Crippen LogP contribution in [0.3, 0.4) is 0 Å². The molecule has 0 aliphatic rings. The normalized spacial score (nSPS) is 13.9. The molecule has 2 N–H and O–H groups in total. The molecule has 0 aromatic carbocycles. The zero-order valence-corrected chi connectivity index (χ0v) is 11.9. The van der Waals surface area contributed by atoms with E-state index < -0.39 is 24.7 Å². The highest BCUT2D eigenvalue weighted by Gasteiger charge is 2.28. The fraction of sp³-hybridized carbons (Fsp3) is 0.667. The summed E-state index contributed by atoms with van der Waals surface area (Å²) < 4.78 is 37.7. The van der Waals surface area contributed by atoms with E-state index in [1.54, 1.807) is 10.9 Å². The topological polar surface area (TPSA) is 59.0 Å². The number of alkyl halides is 3. The fourth-order valence-corrected chi connectivity index (χ4v) is 1.42. The lowest BCUT2D eigenvalue weighted by Crippen LogP contribution is -2.42. The molecule has 5 nitrogen and oxygen atoms in total. The van der Waals surface area contributed by atoms with Gasteiger partial charge >= 0.3 is 6.18 Å². The molecule has 1 aromatic rings. The highest BCUT2D eigenvalue weighted by atomic mass is 19.4. The van der Waals surface area contributed by atoms with Crippen LogP contribution in [0, 0.1) is 0 Å². The number of anilines is 1. The first kappa shape index (κ1) is 16.3. The van der Waals surface area contributed by atoms with Crippen LogP contribution in [0.4, 0.5) is 18.9 Å². The van der Waals surface area contributed by atoms with Crippen molar-refractivity contribution in [3.8, 4) is 0 Å². The first-order valence-electron chi connectivity index (χ1n) is 6.15. The summed E-state index contributed by atoms with van der Waals surface area (Å²) >= 11 is 0. The van der Waals surface area contributed by atoms with E-state index >= 15 is 0 Å². The summed E-state index contributed by atoms with van der Waals surface area (Å²) in [5.74, 6) is -0.717. The number of carbonyl (C=O) groups is 1. The van der Waals surface area contributed by atoms with Gasteiger partial charge in [-0.3, -0.25) is 9.48 Å². The Morgan fingerprint density at radius 2 is 2.00 bits per heavy atom. The number of hydrogen-bond acceptors (Lipinski definition) is 3. The highest BCUT2D eigenvalue weighted by Crippen LogP contribution is 2.16. The molecule has 20 heavy (non-hydrogen) atoms. The van der Waals surface area contributed by atoms with Crippen LogP contribution in [-0.2, 0) is 10.3 Å². The first-order valence-corrected chi connectivity index (χ1v) is 6.15. The minimum atomic E-state index is -4.41. The second kappa shape index (κ2) is 5.72. The van der Waals surface area contributed by atoms with Crippen molar-refractivity contribution < 1.29 is 18.0 Å². The van der Waals surface area contributed by atoms with Crippen LogP contribution in [-0.4, -0.2) is 34.5 Å². The number of amides is 1. The van der Waals surface area contributed by atoms with Gasteiger partial charge in [-0.25, -0.2) is 0 Å². The van der Waals surface area contributed by atoms with Gasteiger partial charge in [-0.15, -0.1) is 0 Å². The van der Waals surface area contributed by atoms with E-state index in [4.69, 9.17) is 0 Å². The number of halogens is 3. The van der Waals surface area contributed by atoms with Gasteiger partial charge in [-0.05, 0) is 27.7 Å². The third kappa shape index (κ3) is 5.10. The molecular weight excluding hydrogens is 273 g/mol. The van der Waals surface area contributed by atoms with E-state index in [0.717, 1.165) is 0 Å². The van der Waals surface area contributed by atoms with Crippen molar-refractivity contribution in [2.75, 3.05) is 11.9 Å². The number of nitrogens with zero attached hydrogens (tertiary/aromatic N) is 2. The summed E-state index contributed by atoms with van der Waals surface area (Å²) in [4.78, 5) is 11.5. The van der Waals surface area contributed by atoms with Crippen LogP contribution >= 0.6 is 0 Å². The van der Waals surface area contributed by atoms with Crippen molar-refractivity contribution in [1.29, 1.82) is 0 Å². The second-order valence-corrected chi connectivity index (χ2v) is 5.54.